The molecule has 18 heavy (non-hydrogen) atoms. The molecular formula is C11H17F3N4. The lowest BCUT2D eigenvalue weighted by molar-refractivity contribution is -0.119. The van der Waals surface area contributed by atoms with Gasteiger partial charge in [0.25, 0.3) is 0 Å². The Balaban J connectivity index is 3.01. The number of nitrogens with one attached hydrogen (secondary N) is 1. The van der Waals surface area contributed by atoms with Crippen molar-refractivity contribution in [3.05, 3.63) is 11.8 Å². The summed E-state index contributed by atoms with van der Waals surface area (Å²) >= 11 is 0. The second-order valence-electron chi connectivity index (χ2n) is 3.98. The Kier molecular flexibility index (Phi) is 4.75. The zero-order chi connectivity index (χ0) is 13.8. The second-order valence-corrected chi connectivity index (χ2v) is 3.98. The van der Waals surface area contributed by atoms with Gasteiger partial charge in [-0.05, 0) is 13.3 Å². The Hall–Kier alpha value is -1.53. The first-order valence-corrected chi connectivity index (χ1v) is 5.71. The van der Waals surface area contributed by atoms with E-state index < -0.39 is 12.7 Å². The van der Waals surface area contributed by atoms with Gasteiger partial charge in [0.1, 0.15) is 12.4 Å². The van der Waals surface area contributed by atoms with Crippen LogP contribution in [0.15, 0.2) is 6.07 Å². The van der Waals surface area contributed by atoms with Gasteiger partial charge in [-0.15, -0.1) is 0 Å². The molecule has 1 N–H and O–H groups in total. The number of anilines is 2. The highest BCUT2D eigenvalue weighted by Crippen LogP contribution is 2.22. The van der Waals surface area contributed by atoms with Gasteiger partial charge in [-0.1, -0.05) is 6.92 Å². The third-order valence-electron chi connectivity index (χ3n) is 2.25. The van der Waals surface area contributed by atoms with E-state index >= 15 is 0 Å². The molecule has 0 radical (unpaired) electrons. The van der Waals surface area contributed by atoms with Gasteiger partial charge in [-0.3, -0.25) is 0 Å². The van der Waals surface area contributed by atoms with Crippen LogP contribution in [0.3, 0.4) is 0 Å². The van der Waals surface area contributed by atoms with Crippen LogP contribution in [-0.4, -0.2) is 36.3 Å². The summed E-state index contributed by atoms with van der Waals surface area (Å²) in [5.74, 6) is 0.624. The smallest absolute Gasteiger partial charge is 0.357 e. The molecular weight excluding hydrogens is 245 g/mol. The van der Waals surface area contributed by atoms with Gasteiger partial charge in [0.05, 0.1) is 0 Å². The first-order valence-electron chi connectivity index (χ1n) is 5.71. The number of alkyl halides is 3. The van der Waals surface area contributed by atoms with E-state index in [1.165, 1.54) is 4.90 Å². The van der Waals surface area contributed by atoms with E-state index in [9.17, 15) is 13.2 Å². The minimum Gasteiger partial charge on any atom is -0.357 e. The number of aryl methyl sites for hydroxylation is 1. The summed E-state index contributed by atoms with van der Waals surface area (Å²) in [4.78, 5) is 9.34. The van der Waals surface area contributed by atoms with E-state index in [4.69, 9.17) is 0 Å². The molecule has 1 aromatic heterocycles. The third-order valence-corrected chi connectivity index (χ3v) is 2.25. The molecule has 102 valence electrons. The van der Waals surface area contributed by atoms with Gasteiger partial charge in [-0.25, -0.2) is 4.98 Å². The van der Waals surface area contributed by atoms with E-state index in [1.54, 1.807) is 20.0 Å². The van der Waals surface area contributed by atoms with Crippen molar-refractivity contribution in [1.82, 2.24) is 9.97 Å². The first kappa shape index (κ1) is 14.5. The van der Waals surface area contributed by atoms with Crippen molar-refractivity contribution in [2.24, 2.45) is 0 Å². The highest BCUT2D eigenvalue weighted by Gasteiger charge is 2.31. The molecule has 0 unspecified atom stereocenters. The van der Waals surface area contributed by atoms with Gasteiger partial charge in [-0.2, -0.15) is 18.2 Å². The van der Waals surface area contributed by atoms with Crippen LogP contribution in [0.4, 0.5) is 24.9 Å². The average molecular weight is 262 g/mol. The van der Waals surface area contributed by atoms with Crippen molar-refractivity contribution in [3.63, 3.8) is 0 Å². The van der Waals surface area contributed by atoms with Crippen LogP contribution in [-0.2, 0) is 0 Å². The molecule has 7 heteroatoms. The lowest BCUT2D eigenvalue weighted by atomic mass is 10.3. The minimum absolute atomic E-state index is 0.297. The van der Waals surface area contributed by atoms with E-state index in [0.717, 1.165) is 0 Å². The van der Waals surface area contributed by atoms with Crippen LogP contribution in [0.2, 0.25) is 0 Å². The summed E-state index contributed by atoms with van der Waals surface area (Å²) in [5, 5.41) is 2.74. The maximum absolute atomic E-state index is 12.5. The summed E-state index contributed by atoms with van der Waals surface area (Å²) in [6.45, 7) is 2.86. The number of hydrogen-bond acceptors (Lipinski definition) is 4. The Bertz CT molecular complexity index is 392. The maximum Gasteiger partial charge on any atom is 0.405 e. The molecule has 0 amide bonds. The number of halogens is 3. The van der Waals surface area contributed by atoms with Crippen molar-refractivity contribution < 1.29 is 13.2 Å². The van der Waals surface area contributed by atoms with Crippen LogP contribution < -0.4 is 10.2 Å². The van der Waals surface area contributed by atoms with Crippen molar-refractivity contribution in [2.45, 2.75) is 26.4 Å². The average Bonchev–Trinajstić information content (AvgIpc) is 2.26. The van der Waals surface area contributed by atoms with Gasteiger partial charge < -0.3 is 10.2 Å². The van der Waals surface area contributed by atoms with Crippen LogP contribution in [0.5, 0.6) is 0 Å². The molecule has 1 rings (SSSR count). The molecule has 0 aromatic carbocycles. The number of aromatic nitrogens is 2. The Morgan fingerprint density at radius 1 is 1.33 bits per heavy atom. The van der Waals surface area contributed by atoms with Gasteiger partial charge in [0.15, 0.2) is 0 Å². The topological polar surface area (TPSA) is 41.1 Å². The highest BCUT2D eigenvalue weighted by molar-refractivity contribution is 5.44. The Morgan fingerprint density at radius 2 is 2.00 bits per heavy atom. The Labute approximate surface area is 104 Å². The summed E-state index contributed by atoms with van der Waals surface area (Å²) in [5.41, 5.74) is 0.632. The van der Waals surface area contributed by atoms with E-state index in [1.807, 2.05) is 6.92 Å². The monoisotopic (exact) mass is 262 g/mol. The summed E-state index contributed by atoms with van der Waals surface area (Å²) in [6.07, 6.45) is -3.62. The van der Waals surface area contributed by atoms with E-state index in [0.29, 0.717) is 30.4 Å². The van der Waals surface area contributed by atoms with E-state index in [2.05, 4.69) is 15.3 Å². The second kappa shape index (κ2) is 5.88. The van der Waals surface area contributed by atoms with E-state index in [-0.39, 0.29) is 0 Å². The standard InChI is InChI=1S/C11H17F3N4/c1-4-5-18(7-11(12,13)14)9-6-8(2)16-10(15-3)17-9/h6H,4-5,7H2,1-3H3,(H,15,16,17). The van der Waals surface area contributed by atoms with Crippen molar-refractivity contribution in [1.29, 1.82) is 0 Å². The SMILES string of the molecule is CCCN(CC(F)(F)F)c1cc(C)nc(NC)n1. The molecule has 0 spiro atoms. The quantitative estimate of drug-likeness (QED) is 0.885. The maximum atomic E-state index is 12.5. The fraction of sp³-hybridized carbons (Fsp3) is 0.636. The normalized spacial score (nSPS) is 11.4. The zero-order valence-corrected chi connectivity index (χ0v) is 10.7. The molecule has 0 aliphatic carbocycles. The largest absolute Gasteiger partial charge is 0.405 e. The van der Waals surface area contributed by atoms with Gasteiger partial charge in [0, 0.05) is 25.4 Å². The molecule has 0 saturated heterocycles. The van der Waals surface area contributed by atoms with Crippen molar-refractivity contribution >= 4 is 11.8 Å². The molecule has 0 bridgehead atoms. The third kappa shape index (κ3) is 4.38. The zero-order valence-electron chi connectivity index (χ0n) is 10.7. The number of hydrogen-bond donors (Lipinski definition) is 1. The van der Waals surface area contributed by atoms with Crippen molar-refractivity contribution in [3.8, 4) is 0 Å². The van der Waals surface area contributed by atoms with Gasteiger partial charge >= 0.3 is 6.18 Å². The van der Waals surface area contributed by atoms with Gasteiger partial charge in [0.2, 0.25) is 5.95 Å². The van der Waals surface area contributed by atoms with Crippen LogP contribution in [0, 0.1) is 6.92 Å². The summed E-state index contributed by atoms with van der Waals surface area (Å²) < 4.78 is 37.5. The fourth-order valence-corrected chi connectivity index (χ4v) is 1.59. The molecule has 1 aromatic rings. The molecule has 0 atom stereocenters. The molecule has 4 nitrogen and oxygen atoms in total. The van der Waals surface area contributed by atoms with Crippen molar-refractivity contribution in [2.75, 3.05) is 30.4 Å². The van der Waals surface area contributed by atoms with Crippen LogP contribution in [0.1, 0.15) is 19.0 Å². The molecule has 0 saturated carbocycles. The molecule has 0 fully saturated rings. The Morgan fingerprint density at radius 3 is 2.50 bits per heavy atom. The predicted octanol–water partition coefficient (Wildman–Crippen LogP) is 2.61. The van der Waals surface area contributed by atoms with Crippen LogP contribution >= 0.6 is 0 Å². The summed E-state index contributed by atoms with van der Waals surface area (Å²) in [6, 6.07) is 1.56. The molecule has 0 aliphatic rings. The lowest BCUT2D eigenvalue weighted by Gasteiger charge is -2.24. The van der Waals surface area contributed by atoms with Crippen LogP contribution in [0.25, 0.3) is 0 Å². The predicted molar refractivity (Wildman–Crippen MR) is 64.9 cm³/mol. The summed E-state index contributed by atoms with van der Waals surface area (Å²) in [7, 11) is 1.63. The lowest BCUT2D eigenvalue weighted by Crippen LogP contribution is -2.35. The molecule has 0 aliphatic heterocycles. The highest BCUT2D eigenvalue weighted by atomic mass is 19.4. The number of rotatable bonds is 5. The number of nitrogens with zero attached hydrogens (tertiary/aromatic N) is 3. The fourth-order valence-electron chi connectivity index (χ4n) is 1.59. The molecule has 1 heterocycles. The first-order chi connectivity index (χ1) is 8.35. The minimum atomic E-state index is -4.24.